The van der Waals surface area contributed by atoms with E-state index in [1.165, 1.54) is 36.4 Å². The van der Waals surface area contributed by atoms with Crippen LogP contribution < -0.4 is 30.1 Å². The van der Waals surface area contributed by atoms with E-state index < -0.39 is 0 Å². The maximum atomic E-state index is 13.8. The first-order valence-electron chi connectivity index (χ1n) is 12.5. The first-order chi connectivity index (χ1) is 19.8. The number of fused-ring (bicyclic) bond motifs is 2. The number of rotatable bonds is 10. The van der Waals surface area contributed by atoms with Crippen LogP contribution in [0, 0.1) is 0 Å². The Labute approximate surface area is 248 Å². The summed E-state index contributed by atoms with van der Waals surface area (Å²) in [7, 11) is 6.23. The molecule has 0 aliphatic carbocycles. The van der Waals surface area contributed by atoms with Crippen molar-refractivity contribution in [1.29, 1.82) is 0 Å². The molecule has 0 radical (unpaired) electrons. The van der Waals surface area contributed by atoms with Gasteiger partial charge >= 0.3 is 0 Å². The molecule has 212 valence electrons. The normalized spacial score (nSPS) is 11.1. The minimum atomic E-state index is -0.213. The maximum Gasteiger partial charge on any atom is 0.262 e. The van der Waals surface area contributed by atoms with Crippen molar-refractivity contribution in [2.24, 2.45) is 0 Å². The summed E-state index contributed by atoms with van der Waals surface area (Å²) in [6.45, 7) is 0.357. The minimum Gasteiger partial charge on any atom is -0.493 e. The molecule has 0 saturated heterocycles. The van der Waals surface area contributed by atoms with Gasteiger partial charge in [0.25, 0.3) is 11.1 Å². The van der Waals surface area contributed by atoms with Gasteiger partial charge in [0.15, 0.2) is 28.2 Å². The number of thioether (sulfide) groups is 1. The second-order valence-corrected chi connectivity index (χ2v) is 10.8. The molecular weight excluding hydrogens is 612 g/mol. The summed E-state index contributed by atoms with van der Waals surface area (Å²) < 4.78 is 25.6. The monoisotopic (exact) mass is 638 g/mol. The van der Waals surface area contributed by atoms with Crippen molar-refractivity contribution >= 4 is 44.2 Å². The molecule has 5 aromatic rings. The van der Waals surface area contributed by atoms with E-state index in [0.29, 0.717) is 69.1 Å². The zero-order chi connectivity index (χ0) is 29.1. The van der Waals surface area contributed by atoms with E-state index in [2.05, 4.69) is 20.9 Å². The van der Waals surface area contributed by atoms with Gasteiger partial charge in [0.1, 0.15) is 5.65 Å². The van der Waals surface area contributed by atoms with Crippen LogP contribution in [0.25, 0.3) is 16.6 Å². The van der Waals surface area contributed by atoms with Crippen molar-refractivity contribution in [3.05, 3.63) is 91.2 Å². The van der Waals surface area contributed by atoms with E-state index in [9.17, 15) is 9.59 Å². The van der Waals surface area contributed by atoms with E-state index in [1.807, 2.05) is 24.3 Å². The Morgan fingerprint density at radius 2 is 1.54 bits per heavy atom. The maximum absolute atomic E-state index is 13.8. The largest absolute Gasteiger partial charge is 0.493 e. The van der Waals surface area contributed by atoms with Gasteiger partial charge in [-0.1, -0.05) is 17.8 Å². The van der Waals surface area contributed by atoms with Crippen LogP contribution in [0.15, 0.2) is 73.9 Å². The van der Waals surface area contributed by atoms with E-state index in [1.54, 1.807) is 43.2 Å². The summed E-state index contributed by atoms with van der Waals surface area (Å²) in [6, 6.07) is 14.1. The van der Waals surface area contributed by atoms with E-state index >= 15 is 0 Å². The number of aromatic nitrogens is 4. The highest BCUT2D eigenvalue weighted by molar-refractivity contribution is 9.10. The topological polar surface area (TPSA) is 106 Å². The number of aryl methyl sites for hydroxylation is 1. The first kappa shape index (κ1) is 28.5. The lowest BCUT2D eigenvalue weighted by atomic mass is 10.1. The molecule has 41 heavy (non-hydrogen) atoms. The molecule has 2 aromatic carbocycles. The average molecular weight is 640 g/mol. The second kappa shape index (κ2) is 12.2. The van der Waals surface area contributed by atoms with Crippen molar-refractivity contribution in [3.8, 4) is 23.0 Å². The molecule has 0 bridgehead atoms. The Balaban J connectivity index is 1.54. The lowest BCUT2D eigenvalue weighted by molar-refractivity contribution is 0.354. The molecule has 0 amide bonds. The summed E-state index contributed by atoms with van der Waals surface area (Å²) in [5, 5.41) is 0.903. The molecule has 0 atom stereocenters. The molecule has 0 saturated carbocycles. The molecule has 3 heterocycles. The van der Waals surface area contributed by atoms with Gasteiger partial charge in [-0.05, 0) is 58.2 Å². The lowest BCUT2D eigenvalue weighted by Gasteiger charge is -2.15. The molecule has 0 fully saturated rings. The SMILES string of the molecule is COc1ccc(CCn2c(SCc3cc(=O)n4cc(Br)ccc4n3)nc3cc(OC)c(OC)cc3c2=O)cc1OC. The summed E-state index contributed by atoms with van der Waals surface area (Å²) >= 11 is 4.72. The third-order valence-electron chi connectivity index (χ3n) is 6.52. The number of hydrogen-bond acceptors (Lipinski definition) is 9. The van der Waals surface area contributed by atoms with Gasteiger partial charge < -0.3 is 18.9 Å². The molecule has 0 aliphatic heterocycles. The summed E-state index contributed by atoms with van der Waals surface area (Å²) in [4.78, 5) is 36.0. The highest BCUT2D eigenvalue weighted by Crippen LogP contribution is 2.32. The molecule has 12 heteroatoms. The zero-order valence-corrected chi connectivity index (χ0v) is 25.2. The highest BCUT2D eigenvalue weighted by atomic mass is 79.9. The van der Waals surface area contributed by atoms with Crippen LogP contribution in [0.5, 0.6) is 23.0 Å². The van der Waals surface area contributed by atoms with Crippen LogP contribution in [0.4, 0.5) is 0 Å². The van der Waals surface area contributed by atoms with Crippen LogP contribution >= 0.6 is 27.7 Å². The Morgan fingerprint density at radius 1 is 0.829 bits per heavy atom. The summed E-state index contributed by atoms with van der Waals surface area (Å²) in [5.41, 5.74) is 2.15. The third-order valence-corrected chi connectivity index (χ3v) is 8.00. The molecule has 0 aliphatic rings. The number of nitrogens with zero attached hydrogens (tertiary/aromatic N) is 4. The number of hydrogen-bond donors (Lipinski definition) is 0. The van der Waals surface area contributed by atoms with Crippen molar-refractivity contribution in [1.82, 2.24) is 18.9 Å². The number of benzene rings is 2. The van der Waals surface area contributed by atoms with Gasteiger partial charge in [0.2, 0.25) is 0 Å². The van der Waals surface area contributed by atoms with Gasteiger partial charge in [-0.3, -0.25) is 18.6 Å². The quantitative estimate of drug-likeness (QED) is 0.158. The predicted octanol–water partition coefficient (Wildman–Crippen LogP) is 4.74. The van der Waals surface area contributed by atoms with Crippen molar-refractivity contribution in [2.45, 2.75) is 23.9 Å². The number of halogens is 1. The molecule has 3 aromatic heterocycles. The van der Waals surface area contributed by atoms with Gasteiger partial charge in [-0.15, -0.1) is 0 Å². The van der Waals surface area contributed by atoms with Gasteiger partial charge in [0.05, 0.1) is 45.0 Å². The van der Waals surface area contributed by atoms with Crippen LogP contribution in [0.2, 0.25) is 0 Å². The van der Waals surface area contributed by atoms with Gasteiger partial charge in [0, 0.05) is 35.1 Å². The summed E-state index contributed by atoms with van der Waals surface area (Å²) in [5.74, 6) is 2.49. The summed E-state index contributed by atoms with van der Waals surface area (Å²) in [6.07, 6.45) is 2.22. The van der Waals surface area contributed by atoms with Crippen LogP contribution in [-0.2, 0) is 18.7 Å². The lowest BCUT2D eigenvalue weighted by Crippen LogP contribution is -2.24. The molecule has 0 spiro atoms. The predicted molar refractivity (Wildman–Crippen MR) is 161 cm³/mol. The van der Waals surface area contributed by atoms with Crippen LogP contribution in [-0.4, -0.2) is 47.4 Å². The second-order valence-electron chi connectivity index (χ2n) is 8.96. The smallest absolute Gasteiger partial charge is 0.262 e. The van der Waals surface area contributed by atoms with Crippen LogP contribution in [0.3, 0.4) is 0 Å². The van der Waals surface area contributed by atoms with E-state index in [0.717, 1.165) is 10.0 Å². The highest BCUT2D eigenvalue weighted by Gasteiger charge is 2.17. The Kier molecular flexibility index (Phi) is 8.50. The standard InChI is InChI=1S/C29H27BrN4O6S/c1-37-22-7-5-17(11-23(22)38-2)9-10-33-28(36)20-13-24(39-3)25(40-4)14-21(20)32-29(33)41-16-19-12-27(35)34-15-18(30)6-8-26(34)31-19/h5-8,11-15H,9-10,16H2,1-4H3. The molecule has 0 N–H and O–H groups in total. The fourth-order valence-electron chi connectivity index (χ4n) is 4.45. The molecule has 10 nitrogen and oxygen atoms in total. The zero-order valence-electron chi connectivity index (χ0n) is 22.8. The Bertz CT molecular complexity index is 1870. The van der Waals surface area contributed by atoms with Gasteiger partial charge in [-0.25, -0.2) is 9.97 Å². The number of pyridine rings is 1. The molecule has 5 rings (SSSR count). The fourth-order valence-corrected chi connectivity index (χ4v) is 5.71. The van der Waals surface area contributed by atoms with Crippen molar-refractivity contribution in [2.75, 3.05) is 28.4 Å². The number of ether oxygens (including phenoxy) is 4. The molecular formula is C29H27BrN4O6S. The average Bonchev–Trinajstić information content (AvgIpc) is 2.99. The third kappa shape index (κ3) is 5.89. The minimum absolute atomic E-state index is 0.193. The molecule has 0 unspecified atom stereocenters. The Morgan fingerprint density at radius 3 is 2.27 bits per heavy atom. The Hall–Kier alpha value is -4.03. The van der Waals surface area contributed by atoms with Gasteiger partial charge in [-0.2, -0.15) is 0 Å². The van der Waals surface area contributed by atoms with Crippen LogP contribution in [0.1, 0.15) is 11.3 Å². The van der Waals surface area contributed by atoms with E-state index in [4.69, 9.17) is 23.9 Å². The fraction of sp³-hybridized carbons (Fsp3) is 0.241. The van der Waals surface area contributed by atoms with Crippen molar-refractivity contribution < 1.29 is 18.9 Å². The van der Waals surface area contributed by atoms with Crippen molar-refractivity contribution in [3.63, 3.8) is 0 Å². The van der Waals surface area contributed by atoms with E-state index in [-0.39, 0.29) is 11.1 Å². The first-order valence-corrected chi connectivity index (χ1v) is 14.3. The number of methoxy groups -OCH3 is 4.